The van der Waals surface area contributed by atoms with Crippen molar-refractivity contribution in [2.45, 2.75) is 0 Å². The van der Waals surface area contributed by atoms with Gasteiger partial charge in [-0.1, -0.05) is 37.9 Å². The van der Waals surface area contributed by atoms with Crippen molar-refractivity contribution in [1.29, 1.82) is 0 Å². The van der Waals surface area contributed by atoms with Crippen LogP contribution >= 0.6 is 31.9 Å². The first kappa shape index (κ1) is 15.7. The summed E-state index contributed by atoms with van der Waals surface area (Å²) in [5.74, 6) is 0.0634. The van der Waals surface area contributed by atoms with Crippen molar-refractivity contribution in [1.82, 2.24) is 4.98 Å². The van der Waals surface area contributed by atoms with E-state index in [0.717, 1.165) is 0 Å². The summed E-state index contributed by atoms with van der Waals surface area (Å²) in [7, 11) is -7.04. The summed E-state index contributed by atoms with van der Waals surface area (Å²) in [6, 6.07) is 4.30. The largest absolute Gasteiger partial charge is 0.267 e. The van der Waals surface area contributed by atoms with Crippen LogP contribution in [0.5, 0.6) is 0 Å². The Balaban J connectivity index is 2.94. The van der Waals surface area contributed by atoms with Gasteiger partial charge in [-0.3, -0.25) is 9.44 Å². The van der Waals surface area contributed by atoms with Crippen molar-refractivity contribution in [2.75, 3.05) is 18.8 Å². The van der Waals surface area contributed by atoms with Crippen LogP contribution in [0.25, 0.3) is 0 Å². The maximum Gasteiger partial charge on any atom is 0.243 e. The average Bonchev–Trinajstić information content (AvgIpc) is 2.28. The van der Waals surface area contributed by atoms with E-state index in [1.165, 1.54) is 18.2 Å². The normalized spacial score (nSPS) is 12.1. The number of hydrogen-bond acceptors (Lipinski definition) is 5. The van der Waals surface area contributed by atoms with Crippen LogP contribution in [-0.4, -0.2) is 31.1 Å². The second-order valence-corrected chi connectivity index (χ2v) is 9.11. The van der Waals surface area contributed by atoms with Gasteiger partial charge < -0.3 is 0 Å². The Kier molecular flexibility index (Phi) is 5.37. The SMILES string of the molecule is O=S(=O)(CBr)Nc1cccc(NS(=O)(=O)CBr)n1. The lowest BCUT2D eigenvalue weighted by atomic mass is 10.4. The third kappa shape index (κ3) is 5.08. The zero-order chi connectivity index (χ0) is 13.8. The molecule has 0 atom stereocenters. The summed E-state index contributed by atoms with van der Waals surface area (Å²) in [6.07, 6.45) is 0. The highest BCUT2D eigenvalue weighted by atomic mass is 79.9. The van der Waals surface area contributed by atoms with Crippen LogP contribution in [0.15, 0.2) is 18.2 Å². The Hall–Kier alpha value is -0.390. The Morgan fingerprint density at radius 2 is 1.33 bits per heavy atom. The highest BCUT2D eigenvalue weighted by Crippen LogP contribution is 2.13. The summed E-state index contributed by atoms with van der Waals surface area (Å²) >= 11 is 5.62. The molecule has 0 fully saturated rings. The van der Waals surface area contributed by atoms with Gasteiger partial charge in [0, 0.05) is 0 Å². The second-order valence-electron chi connectivity index (χ2n) is 3.06. The molecular formula is C7H9Br2N3O4S2. The van der Waals surface area contributed by atoms with E-state index >= 15 is 0 Å². The van der Waals surface area contributed by atoms with E-state index in [0.29, 0.717) is 0 Å². The lowest BCUT2D eigenvalue weighted by molar-refractivity contribution is 0.604. The Bertz CT molecular complexity index is 566. The van der Waals surface area contributed by atoms with Crippen LogP contribution in [0.1, 0.15) is 0 Å². The van der Waals surface area contributed by atoms with Gasteiger partial charge in [0.15, 0.2) is 0 Å². The van der Waals surface area contributed by atoms with Gasteiger partial charge >= 0.3 is 0 Å². The van der Waals surface area contributed by atoms with Gasteiger partial charge in [0.1, 0.15) is 21.0 Å². The molecule has 1 rings (SSSR count). The molecule has 1 heterocycles. The Morgan fingerprint density at radius 3 is 1.67 bits per heavy atom. The van der Waals surface area contributed by atoms with Gasteiger partial charge in [0.05, 0.1) is 0 Å². The van der Waals surface area contributed by atoms with Crippen LogP contribution in [0.4, 0.5) is 11.6 Å². The highest BCUT2D eigenvalue weighted by molar-refractivity contribution is 9.11. The van der Waals surface area contributed by atoms with E-state index in [2.05, 4.69) is 46.3 Å². The summed E-state index contributed by atoms with van der Waals surface area (Å²) in [5.41, 5.74) is 0. The van der Waals surface area contributed by atoms with E-state index in [1.807, 2.05) is 0 Å². The predicted octanol–water partition coefficient (Wildman–Crippen LogP) is 1.27. The molecule has 2 N–H and O–H groups in total. The molecule has 1 aromatic heterocycles. The average molecular weight is 423 g/mol. The van der Waals surface area contributed by atoms with Crippen molar-refractivity contribution >= 4 is 63.5 Å². The van der Waals surface area contributed by atoms with E-state index in [4.69, 9.17) is 0 Å². The first-order chi connectivity index (χ1) is 8.28. The maximum atomic E-state index is 11.3. The number of hydrogen-bond donors (Lipinski definition) is 2. The summed E-state index contributed by atoms with van der Waals surface area (Å²) in [4.78, 5) is 3.82. The molecule has 0 unspecified atom stereocenters. The number of rotatable bonds is 6. The molecule has 0 aliphatic carbocycles. The summed E-state index contributed by atoms with van der Waals surface area (Å²) in [5, 5.41) is 0. The van der Waals surface area contributed by atoms with Gasteiger partial charge in [-0.05, 0) is 12.1 Å². The van der Waals surface area contributed by atoms with Crippen molar-refractivity contribution in [2.24, 2.45) is 0 Å². The molecule has 0 aromatic carbocycles. The van der Waals surface area contributed by atoms with Crippen LogP contribution in [0, 0.1) is 0 Å². The third-order valence-corrected chi connectivity index (χ3v) is 6.79. The predicted molar refractivity (Wildman–Crippen MR) is 76.9 cm³/mol. The maximum absolute atomic E-state index is 11.3. The van der Waals surface area contributed by atoms with Gasteiger partial charge in [-0.25, -0.2) is 21.8 Å². The quantitative estimate of drug-likeness (QED) is 0.671. The minimum absolute atomic E-state index is 0.0317. The van der Waals surface area contributed by atoms with Gasteiger partial charge in [0.2, 0.25) is 20.0 Å². The van der Waals surface area contributed by atoms with Crippen LogP contribution in [0.2, 0.25) is 0 Å². The van der Waals surface area contributed by atoms with Gasteiger partial charge in [-0.15, -0.1) is 0 Å². The monoisotopic (exact) mass is 421 g/mol. The minimum Gasteiger partial charge on any atom is -0.267 e. The van der Waals surface area contributed by atoms with Crippen LogP contribution < -0.4 is 9.44 Å². The molecular weight excluding hydrogens is 414 g/mol. The smallest absolute Gasteiger partial charge is 0.243 e. The molecule has 0 aliphatic heterocycles. The van der Waals surface area contributed by atoms with Gasteiger partial charge in [-0.2, -0.15) is 0 Å². The van der Waals surface area contributed by atoms with E-state index in [1.54, 1.807) is 0 Å². The number of anilines is 2. The van der Waals surface area contributed by atoms with Crippen molar-refractivity contribution < 1.29 is 16.8 Å². The number of alkyl halides is 2. The fraction of sp³-hybridized carbons (Fsp3) is 0.286. The number of nitrogens with one attached hydrogen (secondary N) is 2. The molecule has 1 aromatic rings. The summed E-state index contributed by atoms with van der Waals surface area (Å²) in [6.45, 7) is 0. The zero-order valence-electron chi connectivity index (χ0n) is 8.80. The zero-order valence-corrected chi connectivity index (χ0v) is 13.6. The highest BCUT2D eigenvalue weighted by Gasteiger charge is 2.11. The molecule has 0 bridgehead atoms. The molecule has 0 amide bonds. The van der Waals surface area contributed by atoms with Gasteiger partial charge in [0.25, 0.3) is 0 Å². The second kappa shape index (κ2) is 6.17. The summed E-state index contributed by atoms with van der Waals surface area (Å²) < 4.78 is 48.9. The first-order valence-electron chi connectivity index (χ1n) is 4.38. The number of aromatic nitrogens is 1. The van der Waals surface area contributed by atoms with E-state index < -0.39 is 20.0 Å². The fourth-order valence-electron chi connectivity index (χ4n) is 0.922. The fourth-order valence-corrected chi connectivity index (χ4v) is 2.58. The molecule has 0 spiro atoms. The van der Waals surface area contributed by atoms with E-state index in [-0.39, 0.29) is 21.0 Å². The molecule has 102 valence electrons. The number of halogens is 2. The number of sulfonamides is 2. The first-order valence-corrected chi connectivity index (χ1v) is 9.93. The molecule has 7 nitrogen and oxygen atoms in total. The van der Waals surface area contributed by atoms with Crippen molar-refractivity contribution in [3.63, 3.8) is 0 Å². The standard InChI is InChI=1S/C7H9Br2N3O4S2/c8-4-17(13,14)11-6-2-1-3-7(10-6)12-18(15,16)5-9/h1-3H,4-5H2,(H2,10,11,12). The van der Waals surface area contributed by atoms with Crippen molar-refractivity contribution in [3.8, 4) is 0 Å². The van der Waals surface area contributed by atoms with Crippen molar-refractivity contribution in [3.05, 3.63) is 18.2 Å². The third-order valence-electron chi connectivity index (χ3n) is 1.56. The lowest BCUT2D eigenvalue weighted by Gasteiger charge is -2.07. The Labute approximate surface area is 122 Å². The number of pyridine rings is 1. The molecule has 18 heavy (non-hydrogen) atoms. The molecule has 0 saturated carbocycles. The topological polar surface area (TPSA) is 105 Å². The lowest BCUT2D eigenvalue weighted by Crippen LogP contribution is -2.17. The Morgan fingerprint density at radius 1 is 0.944 bits per heavy atom. The minimum atomic E-state index is -3.52. The van der Waals surface area contributed by atoms with Crippen LogP contribution in [-0.2, 0) is 20.0 Å². The molecule has 11 heteroatoms. The number of nitrogens with zero attached hydrogens (tertiary/aromatic N) is 1. The van der Waals surface area contributed by atoms with E-state index in [9.17, 15) is 16.8 Å². The molecule has 0 radical (unpaired) electrons. The molecule has 0 saturated heterocycles. The van der Waals surface area contributed by atoms with Crippen LogP contribution in [0.3, 0.4) is 0 Å². The molecule has 0 aliphatic rings.